The number of hydrogen-bond donors (Lipinski definition) is 1. The maximum atomic E-state index is 12.5. The van der Waals surface area contributed by atoms with E-state index < -0.39 is 0 Å². The molecule has 5 nitrogen and oxygen atoms in total. The predicted molar refractivity (Wildman–Crippen MR) is 82.0 cm³/mol. The Hall–Kier alpha value is -1.88. The molecular formula is C17H22N2O3. The van der Waals surface area contributed by atoms with Crippen molar-refractivity contribution in [3.05, 3.63) is 35.9 Å². The summed E-state index contributed by atoms with van der Waals surface area (Å²) in [4.78, 5) is 26.6. The highest BCUT2D eigenvalue weighted by Gasteiger charge is 2.38. The second-order valence-corrected chi connectivity index (χ2v) is 5.89. The summed E-state index contributed by atoms with van der Waals surface area (Å²) in [6.07, 6.45) is 2.96. The third-order valence-electron chi connectivity index (χ3n) is 4.35. The number of rotatable bonds is 4. The van der Waals surface area contributed by atoms with Crippen LogP contribution in [0.3, 0.4) is 0 Å². The van der Waals surface area contributed by atoms with E-state index in [1.807, 2.05) is 30.3 Å². The smallest absolute Gasteiger partial charge is 0.252 e. The van der Waals surface area contributed by atoms with Crippen LogP contribution >= 0.6 is 0 Å². The molecule has 2 fully saturated rings. The van der Waals surface area contributed by atoms with Gasteiger partial charge in [-0.25, -0.2) is 0 Å². The van der Waals surface area contributed by atoms with Crippen LogP contribution in [0.5, 0.6) is 0 Å². The fraction of sp³-hybridized carbons (Fsp3) is 0.529. The molecule has 118 valence electrons. The number of ether oxygens (including phenoxy) is 1. The van der Waals surface area contributed by atoms with Gasteiger partial charge in [0.05, 0.1) is 0 Å². The van der Waals surface area contributed by atoms with Gasteiger partial charge < -0.3 is 15.0 Å². The van der Waals surface area contributed by atoms with Gasteiger partial charge in [0.15, 0.2) is 0 Å². The summed E-state index contributed by atoms with van der Waals surface area (Å²) in [5.41, 5.74) is 1.06. The van der Waals surface area contributed by atoms with Gasteiger partial charge in [-0.2, -0.15) is 0 Å². The Bertz CT molecular complexity index is 526. The van der Waals surface area contributed by atoms with Crippen molar-refractivity contribution in [2.24, 2.45) is 0 Å². The molecule has 2 atom stereocenters. The third kappa shape index (κ3) is 3.30. The lowest BCUT2D eigenvalue weighted by molar-refractivity contribution is -0.145. The Labute approximate surface area is 130 Å². The number of nitrogens with zero attached hydrogens (tertiary/aromatic N) is 1. The largest absolute Gasteiger partial charge is 0.368 e. The van der Waals surface area contributed by atoms with Gasteiger partial charge in [0.1, 0.15) is 12.1 Å². The lowest BCUT2D eigenvalue weighted by Crippen LogP contribution is -2.48. The first kappa shape index (κ1) is 15.0. The summed E-state index contributed by atoms with van der Waals surface area (Å²) in [6, 6.07) is 9.45. The maximum absolute atomic E-state index is 12.5. The molecule has 1 aromatic carbocycles. The average Bonchev–Trinajstić information content (AvgIpc) is 3.24. The van der Waals surface area contributed by atoms with Gasteiger partial charge >= 0.3 is 0 Å². The zero-order valence-corrected chi connectivity index (χ0v) is 12.7. The van der Waals surface area contributed by atoms with Gasteiger partial charge in [0.25, 0.3) is 5.91 Å². The van der Waals surface area contributed by atoms with Crippen LogP contribution in [0.1, 0.15) is 31.2 Å². The third-order valence-corrected chi connectivity index (χ3v) is 4.35. The van der Waals surface area contributed by atoms with Crippen molar-refractivity contribution in [2.75, 3.05) is 13.2 Å². The molecule has 0 radical (unpaired) electrons. The van der Waals surface area contributed by atoms with Crippen molar-refractivity contribution in [1.29, 1.82) is 0 Å². The van der Waals surface area contributed by atoms with Gasteiger partial charge in [0, 0.05) is 19.7 Å². The molecule has 1 aromatic rings. The molecule has 0 aromatic heterocycles. The summed E-state index contributed by atoms with van der Waals surface area (Å²) < 4.78 is 5.46. The van der Waals surface area contributed by atoms with Crippen LogP contribution in [-0.4, -0.2) is 42.0 Å². The standard InChI is InChI=1S/C17H22N2O3/c20-16(18-12-13-6-2-1-3-7-13)14-8-4-10-19(14)17(21)15-9-5-11-22-15/h1-3,6-7,14-15H,4-5,8-12H2,(H,18,20)/t14-,15?/m0/s1. The molecule has 0 bridgehead atoms. The number of carbonyl (C=O) groups excluding carboxylic acids is 2. The van der Waals surface area contributed by atoms with Crippen molar-refractivity contribution in [3.8, 4) is 0 Å². The molecule has 2 amide bonds. The number of carbonyl (C=O) groups is 2. The van der Waals surface area contributed by atoms with E-state index in [1.165, 1.54) is 0 Å². The molecule has 1 unspecified atom stereocenters. The number of likely N-dealkylation sites (tertiary alicyclic amines) is 1. The molecule has 5 heteroatoms. The van der Waals surface area contributed by atoms with E-state index in [4.69, 9.17) is 4.74 Å². The zero-order chi connectivity index (χ0) is 15.4. The number of benzene rings is 1. The van der Waals surface area contributed by atoms with Crippen LogP contribution in [0.2, 0.25) is 0 Å². The monoisotopic (exact) mass is 302 g/mol. The van der Waals surface area contributed by atoms with E-state index >= 15 is 0 Å². The molecule has 22 heavy (non-hydrogen) atoms. The Morgan fingerprint density at radius 3 is 2.73 bits per heavy atom. The number of hydrogen-bond acceptors (Lipinski definition) is 3. The van der Waals surface area contributed by atoms with Gasteiger partial charge in [0.2, 0.25) is 5.91 Å². The van der Waals surface area contributed by atoms with Crippen LogP contribution in [0.25, 0.3) is 0 Å². The Kier molecular flexibility index (Phi) is 4.73. The van der Waals surface area contributed by atoms with Crippen molar-refractivity contribution in [1.82, 2.24) is 10.2 Å². The fourth-order valence-electron chi connectivity index (χ4n) is 3.16. The van der Waals surface area contributed by atoms with E-state index in [0.29, 0.717) is 19.7 Å². The van der Waals surface area contributed by atoms with Crippen molar-refractivity contribution < 1.29 is 14.3 Å². The van der Waals surface area contributed by atoms with Gasteiger partial charge in [-0.05, 0) is 31.2 Å². The molecular weight excluding hydrogens is 280 g/mol. The molecule has 0 saturated carbocycles. The molecule has 3 rings (SSSR count). The van der Waals surface area contributed by atoms with Gasteiger partial charge in [-0.15, -0.1) is 0 Å². The highest BCUT2D eigenvalue weighted by atomic mass is 16.5. The van der Waals surface area contributed by atoms with Gasteiger partial charge in [-0.1, -0.05) is 30.3 Å². The highest BCUT2D eigenvalue weighted by molar-refractivity contribution is 5.90. The molecule has 2 heterocycles. The SMILES string of the molecule is O=C(NCc1ccccc1)[C@@H]1CCCN1C(=O)C1CCCO1. The molecule has 2 aliphatic heterocycles. The summed E-state index contributed by atoms with van der Waals surface area (Å²) in [5.74, 6) is -0.0810. The topological polar surface area (TPSA) is 58.6 Å². The summed E-state index contributed by atoms with van der Waals surface area (Å²) in [5, 5.41) is 2.94. The van der Waals surface area contributed by atoms with Crippen molar-refractivity contribution in [2.45, 2.75) is 44.4 Å². The normalized spacial score (nSPS) is 24.5. The minimum absolute atomic E-state index is 0.0186. The first-order valence-electron chi connectivity index (χ1n) is 7.99. The zero-order valence-electron chi connectivity index (χ0n) is 12.7. The van der Waals surface area contributed by atoms with Gasteiger partial charge in [-0.3, -0.25) is 9.59 Å². The van der Waals surface area contributed by atoms with E-state index in [1.54, 1.807) is 4.90 Å². The Morgan fingerprint density at radius 2 is 2.00 bits per heavy atom. The quantitative estimate of drug-likeness (QED) is 0.916. The second-order valence-electron chi connectivity index (χ2n) is 5.89. The lowest BCUT2D eigenvalue weighted by Gasteiger charge is -2.26. The van der Waals surface area contributed by atoms with Crippen LogP contribution < -0.4 is 5.32 Å². The first-order valence-corrected chi connectivity index (χ1v) is 7.99. The summed E-state index contributed by atoms with van der Waals surface area (Å²) >= 11 is 0. The Morgan fingerprint density at radius 1 is 1.18 bits per heavy atom. The van der Waals surface area contributed by atoms with E-state index in [0.717, 1.165) is 31.2 Å². The maximum Gasteiger partial charge on any atom is 0.252 e. The lowest BCUT2D eigenvalue weighted by atomic mass is 10.1. The summed E-state index contributed by atoms with van der Waals surface area (Å²) in [7, 11) is 0. The summed E-state index contributed by atoms with van der Waals surface area (Å²) in [6.45, 7) is 1.80. The first-order chi connectivity index (χ1) is 10.8. The molecule has 0 spiro atoms. The van der Waals surface area contributed by atoms with E-state index in [-0.39, 0.29) is 24.0 Å². The number of nitrogens with one attached hydrogen (secondary N) is 1. The molecule has 1 N–H and O–H groups in total. The van der Waals surface area contributed by atoms with Crippen LogP contribution in [0, 0.1) is 0 Å². The fourth-order valence-corrected chi connectivity index (χ4v) is 3.16. The average molecular weight is 302 g/mol. The minimum atomic E-state index is -0.347. The van der Waals surface area contributed by atoms with Crippen LogP contribution in [-0.2, 0) is 20.9 Å². The molecule has 2 saturated heterocycles. The highest BCUT2D eigenvalue weighted by Crippen LogP contribution is 2.22. The van der Waals surface area contributed by atoms with Crippen LogP contribution in [0.15, 0.2) is 30.3 Å². The van der Waals surface area contributed by atoms with Crippen LogP contribution in [0.4, 0.5) is 0 Å². The number of amides is 2. The molecule has 0 aliphatic carbocycles. The second kappa shape index (κ2) is 6.92. The van der Waals surface area contributed by atoms with E-state index in [9.17, 15) is 9.59 Å². The van der Waals surface area contributed by atoms with E-state index in [2.05, 4.69) is 5.32 Å². The van der Waals surface area contributed by atoms with Crippen molar-refractivity contribution >= 4 is 11.8 Å². The minimum Gasteiger partial charge on any atom is -0.368 e. The molecule has 2 aliphatic rings. The predicted octanol–water partition coefficient (Wildman–Crippen LogP) is 1.47. The van der Waals surface area contributed by atoms with Crippen molar-refractivity contribution in [3.63, 3.8) is 0 Å². The Balaban J connectivity index is 1.57.